The molecule has 0 atom stereocenters. The van der Waals surface area contributed by atoms with Crippen LogP contribution in [0.2, 0.25) is 0 Å². The van der Waals surface area contributed by atoms with Crippen molar-refractivity contribution in [3.8, 4) is 0 Å². The van der Waals surface area contributed by atoms with Gasteiger partial charge in [0, 0.05) is 18.7 Å². The molecule has 1 aliphatic rings. The SMILES string of the molecule is CCNN(NCC)C(=O)C(C)=CC1CCCCC1. The maximum absolute atomic E-state index is 12.2. The molecule has 0 aromatic heterocycles. The van der Waals surface area contributed by atoms with Crippen molar-refractivity contribution >= 4 is 5.91 Å². The second kappa shape index (κ2) is 8.27. The Balaban J connectivity index is 2.58. The number of amides is 1. The quantitative estimate of drug-likeness (QED) is 0.564. The zero-order valence-electron chi connectivity index (χ0n) is 12.0. The fraction of sp³-hybridized carbons (Fsp3) is 0.786. The van der Waals surface area contributed by atoms with Crippen LogP contribution in [0.1, 0.15) is 52.9 Å². The van der Waals surface area contributed by atoms with E-state index < -0.39 is 0 Å². The van der Waals surface area contributed by atoms with Gasteiger partial charge in [0.25, 0.3) is 5.91 Å². The minimum atomic E-state index is 0.0317. The van der Waals surface area contributed by atoms with Crippen LogP contribution < -0.4 is 10.9 Å². The Bertz CT molecular complexity index is 277. The molecular formula is C14H27N3O. The van der Waals surface area contributed by atoms with Crippen molar-refractivity contribution in [3.63, 3.8) is 0 Å². The zero-order valence-corrected chi connectivity index (χ0v) is 12.0. The van der Waals surface area contributed by atoms with E-state index in [4.69, 9.17) is 0 Å². The average Bonchev–Trinajstić information content (AvgIpc) is 2.39. The highest BCUT2D eigenvalue weighted by Gasteiger charge is 2.17. The Kier molecular flexibility index (Phi) is 6.98. The molecule has 18 heavy (non-hydrogen) atoms. The van der Waals surface area contributed by atoms with Crippen LogP contribution in [-0.2, 0) is 4.79 Å². The molecule has 0 unspecified atom stereocenters. The molecule has 0 spiro atoms. The number of rotatable bonds is 6. The molecule has 1 fully saturated rings. The minimum absolute atomic E-state index is 0.0317. The molecule has 4 heteroatoms. The van der Waals surface area contributed by atoms with E-state index in [9.17, 15) is 4.79 Å². The highest BCUT2D eigenvalue weighted by atomic mass is 16.2. The molecule has 0 saturated heterocycles. The minimum Gasteiger partial charge on any atom is -0.267 e. The first-order valence-electron chi connectivity index (χ1n) is 7.18. The molecule has 1 rings (SSSR count). The second-order valence-corrected chi connectivity index (χ2v) is 4.91. The number of hydrogen-bond donors (Lipinski definition) is 2. The molecule has 0 heterocycles. The summed E-state index contributed by atoms with van der Waals surface area (Å²) < 4.78 is 0. The summed E-state index contributed by atoms with van der Waals surface area (Å²) in [4.78, 5) is 12.2. The van der Waals surface area contributed by atoms with Crippen LogP contribution in [0.5, 0.6) is 0 Å². The van der Waals surface area contributed by atoms with E-state index in [1.165, 1.54) is 37.2 Å². The Morgan fingerprint density at radius 1 is 1.17 bits per heavy atom. The number of nitrogens with zero attached hydrogens (tertiary/aromatic N) is 1. The van der Waals surface area contributed by atoms with Crippen molar-refractivity contribution in [1.29, 1.82) is 0 Å². The monoisotopic (exact) mass is 253 g/mol. The van der Waals surface area contributed by atoms with Crippen LogP contribution in [0.15, 0.2) is 11.6 Å². The number of hydrazine groups is 2. The van der Waals surface area contributed by atoms with Gasteiger partial charge in [0.15, 0.2) is 0 Å². The summed E-state index contributed by atoms with van der Waals surface area (Å²) in [6.45, 7) is 7.35. The lowest BCUT2D eigenvalue weighted by Gasteiger charge is -2.24. The van der Waals surface area contributed by atoms with Crippen LogP contribution in [0.3, 0.4) is 0 Å². The molecule has 0 aliphatic heterocycles. The van der Waals surface area contributed by atoms with Gasteiger partial charge in [0.1, 0.15) is 0 Å². The van der Waals surface area contributed by atoms with Gasteiger partial charge in [0.05, 0.1) is 0 Å². The van der Waals surface area contributed by atoms with Crippen molar-refractivity contribution in [2.24, 2.45) is 5.92 Å². The lowest BCUT2D eigenvalue weighted by Crippen LogP contribution is -2.52. The third-order valence-corrected chi connectivity index (χ3v) is 3.31. The number of hydrogen-bond acceptors (Lipinski definition) is 3. The van der Waals surface area contributed by atoms with Gasteiger partial charge in [-0.05, 0) is 25.7 Å². The van der Waals surface area contributed by atoms with E-state index in [0.29, 0.717) is 5.92 Å². The maximum Gasteiger partial charge on any atom is 0.278 e. The van der Waals surface area contributed by atoms with Crippen molar-refractivity contribution in [2.75, 3.05) is 13.1 Å². The standard InChI is InChI=1S/C14H27N3O/c1-4-15-17(16-5-2)14(18)12(3)11-13-9-7-6-8-10-13/h11,13,15-16H,4-10H2,1-3H3. The molecule has 0 radical (unpaired) electrons. The van der Waals surface area contributed by atoms with E-state index in [1.807, 2.05) is 20.8 Å². The van der Waals surface area contributed by atoms with Gasteiger partial charge in [-0.2, -0.15) is 0 Å². The Morgan fingerprint density at radius 3 is 2.22 bits per heavy atom. The van der Waals surface area contributed by atoms with Gasteiger partial charge >= 0.3 is 0 Å². The fourth-order valence-electron chi connectivity index (χ4n) is 2.42. The number of carbonyl (C=O) groups is 1. The number of allylic oxidation sites excluding steroid dienone is 1. The third-order valence-electron chi connectivity index (χ3n) is 3.31. The lowest BCUT2D eigenvalue weighted by atomic mass is 9.88. The van der Waals surface area contributed by atoms with Gasteiger partial charge < -0.3 is 0 Å². The van der Waals surface area contributed by atoms with Gasteiger partial charge in [-0.1, -0.05) is 39.2 Å². The van der Waals surface area contributed by atoms with Crippen LogP contribution in [0.25, 0.3) is 0 Å². The summed E-state index contributed by atoms with van der Waals surface area (Å²) in [5.74, 6) is 0.622. The second-order valence-electron chi connectivity index (χ2n) is 4.91. The van der Waals surface area contributed by atoms with Gasteiger partial charge in [-0.25, -0.2) is 16.0 Å². The Labute approximate surface area is 111 Å². The Hall–Kier alpha value is -0.870. The van der Waals surface area contributed by atoms with Crippen LogP contribution in [0, 0.1) is 5.92 Å². The number of nitrogens with one attached hydrogen (secondary N) is 2. The van der Waals surface area contributed by atoms with Crippen LogP contribution in [-0.4, -0.2) is 24.1 Å². The predicted molar refractivity (Wildman–Crippen MR) is 74.5 cm³/mol. The zero-order chi connectivity index (χ0) is 13.4. The third kappa shape index (κ3) is 4.78. The summed E-state index contributed by atoms with van der Waals surface area (Å²) in [6, 6.07) is 0. The summed E-state index contributed by atoms with van der Waals surface area (Å²) in [7, 11) is 0. The van der Waals surface area contributed by atoms with Crippen molar-refractivity contribution in [1.82, 2.24) is 16.0 Å². The van der Waals surface area contributed by atoms with Gasteiger partial charge in [-0.3, -0.25) is 4.79 Å². The van der Waals surface area contributed by atoms with Crippen molar-refractivity contribution in [2.45, 2.75) is 52.9 Å². The topological polar surface area (TPSA) is 44.4 Å². The maximum atomic E-state index is 12.2. The summed E-state index contributed by atoms with van der Waals surface area (Å²) in [5, 5.41) is 1.51. The predicted octanol–water partition coefficient (Wildman–Crippen LogP) is 2.39. The molecular weight excluding hydrogens is 226 g/mol. The molecule has 1 saturated carbocycles. The molecule has 0 aromatic carbocycles. The van der Waals surface area contributed by atoms with Gasteiger partial charge in [-0.15, -0.1) is 0 Å². The normalized spacial score (nSPS) is 17.8. The van der Waals surface area contributed by atoms with E-state index in [1.54, 1.807) is 0 Å². The highest BCUT2D eigenvalue weighted by molar-refractivity contribution is 5.92. The lowest BCUT2D eigenvalue weighted by molar-refractivity contribution is -0.134. The van der Waals surface area contributed by atoms with Crippen molar-refractivity contribution in [3.05, 3.63) is 11.6 Å². The molecule has 1 amide bonds. The average molecular weight is 253 g/mol. The fourth-order valence-corrected chi connectivity index (χ4v) is 2.42. The summed E-state index contributed by atoms with van der Waals surface area (Å²) in [6.07, 6.45) is 8.56. The first-order chi connectivity index (χ1) is 8.69. The first kappa shape index (κ1) is 15.2. The summed E-state index contributed by atoms with van der Waals surface area (Å²) >= 11 is 0. The molecule has 2 N–H and O–H groups in total. The molecule has 0 aromatic rings. The largest absolute Gasteiger partial charge is 0.278 e. The summed E-state index contributed by atoms with van der Waals surface area (Å²) in [5.41, 5.74) is 6.90. The smallest absolute Gasteiger partial charge is 0.267 e. The van der Waals surface area contributed by atoms with Crippen LogP contribution >= 0.6 is 0 Å². The number of carbonyl (C=O) groups excluding carboxylic acids is 1. The van der Waals surface area contributed by atoms with E-state index >= 15 is 0 Å². The van der Waals surface area contributed by atoms with E-state index in [0.717, 1.165) is 18.7 Å². The molecule has 104 valence electrons. The Morgan fingerprint density at radius 2 is 1.72 bits per heavy atom. The highest BCUT2D eigenvalue weighted by Crippen LogP contribution is 2.25. The molecule has 4 nitrogen and oxygen atoms in total. The van der Waals surface area contributed by atoms with Gasteiger partial charge in [0.2, 0.25) is 0 Å². The molecule has 1 aliphatic carbocycles. The van der Waals surface area contributed by atoms with E-state index in [-0.39, 0.29) is 5.91 Å². The van der Waals surface area contributed by atoms with E-state index in [2.05, 4.69) is 16.9 Å². The van der Waals surface area contributed by atoms with Crippen molar-refractivity contribution < 1.29 is 4.79 Å². The molecule has 0 bridgehead atoms. The first-order valence-corrected chi connectivity index (χ1v) is 7.18. The van der Waals surface area contributed by atoms with Crippen LogP contribution in [0.4, 0.5) is 0 Å².